The summed E-state index contributed by atoms with van der Waals surface area (Å²) in [5, 5.41) is 14.2. The third-order valence-corrected chi connectivity index (χ3v) is 8.14. The fraction of sp³-hybridized carbons (Fsp3) is 0.323. The standard InChI is InChI=1S/C31H32ClNO3/c1-22-9-11-23(12-10-22)13-18-36-21-25-19-24-5-2-3-8-28(24)30(25)14-16-31(17-15-30,29(34)35)33-27-7-4-6-26(32)20-27/h2-12,19-20,33H,13-18,21H2,1H3,(H,34,35). The molecule has 5 heteroatoms. The van der Waals surface area contributed by atoms with Crippen LogP contribution in [0.15, 0.2) is 78.4 Å². The van der Waals surface area contributed by atoms with E-state index in [0.717, 1.165) is 24.9 Å². The van der Waals surface area contributed by atoms with E-state index in [-0.39, 0.29) is 5.41 Å². The lowest BCUT2D eigenvalue weighted by molar-refractivity contribution is -0.143. The Kier molecular flexibility index (Phi) is 6.92. The van der Waals surface area contributed by atoms with Crippen molar-refractivity contribution >= 4 is 29.3 Å². The molecule has 3 aromatic carbocycles. The van der Waals surface area contributed by atoms with Crippen LogP contribution in [0.5, 0.6) is 0 Å². The molecule has 0 aliphatic heterocycles. The van der Waals surface area contributed by atoms with Crippen molar-refractivity contribution in [2.75, 3.05) is 18.5 Å². The second-order valence-corrected chi connectivity index (χ2v) is 10.6. The van der Waals surface area contributed by atoms with E-state index in [9.17, 15) is 9.90 Å². The van der Waals surface area contributed by atoms with Crippen LogP contribution in [0.25, 0.3) is 6.08 Å². The van der Waals surface area contributed by atoms with Crippen molar-refractivity contribution in [1.29, 1.82) is 0 Å². The highest BCUT2D eigenvalue weighted by Gasteiger charge is 2.51. The molecule has 186 valence electrons. The summed E-state index contributed by atoms with van der Waals surface area (Å²) in [6.45, 7) is 3.31. The van der Waals surface area contributed by atoms with Crippen LogP contribution in [-0.4, -0.2) is 29.8 Å². The molecule has 0 heterocycles. The number of rotatable bonds is 8. The van der Waals surface area contributed by atoms with Crippen molar-refractivity contribution in [3.8, 4) is 0 Å². The van der Waals surface area contributed by atoms with E-state index in [1.54, 1.807) is 12.1 Å². The lowest BCUT2D eigenvalue weighted by atomic mass is 9.62. The van der Waals surface area contributed by atoms with Gasteiger partial charge in [-0.05, 0) is 79.5 Å². The SMILES string of the molecule is Cc1ccc(CCOCC2=Cc3ccccc3C23CCC(Nc2cccc(Cl)c2)(C(=O)O)CC3)cc1. The number of anilines is 1. The number of aliphatic carboxylic acids is 1. The second-order valence-electron chi connectivity index (χ2n) is 10.1. The number of benzene rings is 3. The Labute approximate surface area is 218 Å². The number of carboxylic acids is 1. The van der Waals surface area contributed by atoms with E-state index in [1.165, 1.54) is 27.8 Å². The molecule has 1 spiro atoms. The molecular formula is C31H32ClNO3. The van der Waals surface area contributed by atoms with Crippen molar-refractivity contribution in [2.45, 2.75) is 50.0 Å². The van der Waals surface area contributed by atoms with Gasteiger partial charge >= 0.3 is 5.97 Å². The molecule has 36 heavy (non-hydrogen) atoms. The number of hydrogen-bond acceptors (Lipinski definition) is 3. The maximum atomic E-state index is 12.5. The Bertz CT molecular complexity index is 1270. The molecule has 1 fully saturated rings. The summed E-state index contributed by atoms with van der Waals surface area (Å²) in [5.41, 5.74) is 5.84. The quantitative estimate of drug-likeness (QED) is 0.324. The minimum atomic E-state index is -1.02. The van der Waals surface area contributed by atoms with Gasteiger partial charge in [-0.15, -0.1) is 0 Å². The number of hydrogen-bond donors (Lipinski definition) is 2. The molecule has 0 saturated heterocycles. The first-order valence-corrected chi connectivity index (χ1v) is 13.0. The molecule has 1 saturated carbocycles. The molecule has 3 aromatic rings. The number of ether oxygens (including phenoxy) is 1. The zero-order valence-electron chi connectivity index (χ0n) is 20.6. The number of fused-ring (bicyclic) bond motifs is 2. The van der Waals surface area contributed by atoms with Crippen molar-refractivity contribution in [3.63, 3.8) is 0 Å². The predicted octanol–water partition coefficient (Wildman–Crippen LogP) is 7.05. The highest BCUT2D eigenvalue weighted by atomic mass is 35.5. The van der Waals surface area contributed by atoms with Gasteiger partial charge in [0.15, 0.2) is 0 Å². The summed E-state index contributed by atoms with van der Waals surface area (Å²) in [7, 11) is 0. The van der Waals surface area contributed by atoms with E-state index in [2.05, 4.69) is 66.8 Å². The zero-order valence-corrected chi connectivity index (χ0v) is 21.4. The third-order valence-electron chi connectivity index (χ3n) is 7.91. The number of nitrogens with one attached hydrogen (secondary N) is 1. The molecule has 0 unspecified atom stereocenters. The maximum Gasteiger partial charge on any atom is 0.329 e. The van der Waals surface area contributed by atoms with Gasteiger partial charge in [-0.3, -0.25) is 0 Å². The Hall–Kier alpha value is -3.08. The van der Waals surface area contributed by atoms with Crippen LogP contribution < -0.4 is 5.32 Å². The Morgan fingerprint density at radius 1 is 1.00 bits per heavy atom. The Balaban J connectivity index is 1.32. The average molecular weight is 502 g/mol. The van der Waals surface area contributed by atoms with Gasteiger partial charge in [-0.25, -0.2) is 4.79 Å². The van der Waals surface area contributed by atoms with Gasteiger partial charge in [0, 0.05) is 16.1 Å². The molecule has 0 aromatic heterocycles. The number of carbonyl (C=O) groups is 1. The smallest absolute Gasteiger partial charge is 0.329 e. The van der Waals surface area contributed by atoms with Crippen LogP contribution in [0, 0.1) is 6.92 Å². The first kappa shape index (κ1) is 24.6. The van der Waals surface area contributed by atoms with E-state index < -0.39 is 11.5 Å². The minimum absolute atomic E-state index is 0.185. The summed E-state index contributed by atoms with van der Waals surface area (Å²) in [6.07, 6.45) is 5.67. The molecule has 5 rings (SSSR count). The lowest BCUT2D eigenvalue weighted by Crippen LogP contribution is -2.52. The summed E-state index contributed by atoms with van der Waals surface area (Å²) in [4.78, 5) is 12.5. The topological polar surface area (TPSA) is 58.6 Å². The van der Waals surface area contributed by atoms with Gasteiger partial charge in [0.05, 0.1) is 13.2 Å². The fourth-order valence-electron chi connectivity index (χ4n) is 5.79. The van der Waals surface area contributed by atoms with Gasteiger partial charge < -0.3 is 15.2 Å². The van der Waals surface area contributed by atoms with E-state index >= 15 is 0 Å². The van der Waals surface area contributed by atoms with Crippen molar-refractivity contribution in [3.05, 3.63) is 106 Å². The number of aryl methyl sites for hydroxylation is 1. The van der Waals surface area contributed by atoms with Crippen LogP contribution >= 0.6 is 11.6 Å². The molecule has 2 aliphatic rings. The van der Waals surface area contributed by atoms with Crippen LogP contribution in [-0.2, 0) is 21.4 Å². The minimum Gasteiger partial charge on any atom is -0.480 e. The Morgan fingerprint density at radius 3 is 2.47 bits per heavy atom. The van der Waals surface area contributed by atoms with Crippen LogP contribution in [0.3, 0.4) is 0 Å². The van der Waals surface area contributed by atoms with Gasteiger partial charge in [0.2, 0.25) is 0 Å². The predicted molar refractivity (Wildman–Crippen MR) is 146 cm³/mol. The highest BCUT2D eigenvalue weighted by molar-refractivity contribution is 6.30. The summed E-state index contributed by atoms with van der Waals surface area (Å²) in [6, 6.07) is 24.4. The van der Waals surface area contributed by atoms with Crippen molar-refractivity contribution in [1.82, 2.24) is 0 Å². The fourth-order valence-corrected chi connectivity index (χ4v) is 5.98. The second kappa shape index (κ2) is 10.1. The molecule has 4 nitrogen and oxygen atoms in total. The van der Waals surface area contributed by atoms with E-state index in [4.69, 9.17) is 16.3 Å². The number of halogens is 1. The molecule has 0 amide bonds. The highest BCUT2D eigenvalue weighted by Crippen LogP contribution is 2.53. The van der Waals surface area contributed by atoms with E-state index in [0.29, 0.717) is 31.1 Å². The first-order valence-electron chi connectivity index (χ1n) is 12.6. The summed E-state index contributed by atoms with van der Waals surface area (Å²) < 4.78 is 6.20. The third kappa shape index (κ3) is 4.80. The number of carboxylic acid groups (broad SMARTS) is 1. The molecule has 0 bridgehead atoms. The largest absolute Gasteiger partial charge is 0.480 e. The van der Waals surface area contributed by atoms with Crippen LogP contribution in [0.1, 0.15) is 47.9 Å². The normalized spacial score (nSPS) is 22.8. The average Bonchev–Trinajstić information content (AvgIpc) is 3.17. The molecule has 2 N–H and O–H groups in total. The maximum absolute atomic E-state index is 12.5. The van der Waals surface area contributed by atoms with E-state index in [1.807, 2.05) is 12.1 Å². The lowest BCUT2D eigenvalue weighted by Gasteiger charge is -2.45. The van der Waals surface area contributed by atoms with Gasteiger partial charge in [-0.1, -0.05) is 77.8 Å². The molecule has 2 aliphatic carbocycles. The van der Waals surface area contributed by atoms with Gasteiger partial charge in [0.25, 0.3) is 0 Å². The molecular weight excluding hydrogens is 470 g/mol. The molecule has 0 radical (unpaired) electrons. The van der Waals surface area contributed by atoms with Crippen molar-refractivity contribution < 1.29 is 14.6 Å². The summed E-state index contributed by atoms with van der Waals surface area (Å²) in [5.74, 6) is -0.816. The van der Waals surface area contributed by atoms with Gasteiger partial charge in [0.1, 0.15) is 5.54 Å². The van der Waals surface area contributed by atoms with Crippen LogP contribution in [0.4, 0.5) is 5.69 Å². The first-order chi connectivity index (χ1) is 17.4. The van der Waals surface area contributed by atoms with Crippen molar-refractivity contribution in [2.24, 2.45) is 0 Å². The monoisotopic (exact) mass is 501 g/mol. The zero-order chi connectivity index (χ0) is 25.2. The van der Waals surface area contributed by atoms with Crippen LogP contribution in [0.2, 0.25) is 5.02 Å². The summed E-state index contributed by atoms with van der Waals surface area (Å²) >= 11 is 6.16. The Morgan fingerprint density at radius 2 is 1.75 bits per heavy atom. The molecule has 0 atom stereocenters. The van der Waals surface area contributed by atoms with Gasteiger partial charge in [-0.2, -0.15) is 0 Å².